The van der Waals surface area contributed by atoms with Crippen molar-refractivity contribution in [3.63, 3.8) is 0 Å². The highest BCUT2D eigenvalue weighted by Gasteiger charge is 2.31. The highest BCUT2D eigenvalue weighted by molar-refractivity contribution is 9.10. The minimum absolute atomic E-state index is 0.00155. The van der Waals surface area contributed by atoms with E-state index in [1.54, 1.807) is 6.92 Å². The Morgan fingerprint density at radius 2 is 2.05 bits per heavy atom. The van der Waals surface area contributed by atoms with Crippen LogP contribution in [0.25, 0.3) is 10.9 Å². The molecule has 5 nitrogen and oxygen atoms in total. The SMILES string of the molecule is CCOC(=O)c1cc(O)c2cc(OC(F)(F)F)cc(Br)c2n1. The van der Waals surface area contributed by atoms with Crippen molar-refractivity contribution < 1.29 is 32.5 Å². The van der Waals surface area contributed by atoms with Crippen molar-refractivity contribution in [3.05, 3.63) is 28.4 Å². The zero-order chi connectivity index (χ0) is 16.5. The van der Waals surface area contributed by atoms with Gasteiger partial charge < -0.3 is 14.6 Å². The molecule has 1 heterocycles. The fraction of sp³-hybridized carbons (Fsp3) is 0.231. The van der Waals surface area contributed by atoms with Crippen molar-refractivity contribution in [3.8, 4) is 11.5 Å². The molecule has 0 spiro atoms. The van der Waals surface area contributed by atoms with E-state index in [-0.39, 0.29) is 27.7 Å². The lowest BCUT2D eigenvalue weighted by Crippen LogP contribution is -2.17. The molecule has 9 heteroatoms. The molecule has 1 aromatic carbocycles. The predicted molar refractivity (Wildman–Crippen MR) is 73.7 cm³/mol. The molecule has 2 rings (SSSR count). The fourth-order valence-electron chi connectivity index (χ4n) is 1.75. The van der Waals surface area contributed by atoms with Crippen LogP contribution in [0.5, 0.6) is 11.5 Å². The van der Waals surface area contributed by atoms with E-state index in [1.165, 1.54) is 0 Å². The highest BCUT2D eigenvalue weighted by Crippen LogP contribution is 2.35. The van der Waals surface area contributed by atoms with Crippen LogP contribution in [-0.4, -0.2) is 29.0 Å². The van der Waals surface area contributed by atoms with Crippen molar-refractivity contribution in [2.24, 2.45) is 0 Å². The number of aromatic nitrogens is 1. The number of ether oxygens (including phenoxy) is 2. The largest absolute Gasteiger partial charge is 0.573 e. The van der Waals surface area contributed by atoms with Gasteiger partial charge in [-0.2, -0.15) is 0 Å². The average molecular weight is 380 g/mol. The maximum Gasteiger partial charge on any atom is 0.573 e. The molecule has 1 N–H and O–H groups in total. The van der Waals surface area contributed by atoms with Crippen molar-refractivity contribution in [2.45, 2.75) is 13.3 Å². The standard InChI is InChI=1S/C13H9BrF3NO4/c1-2-21-12(20)9-5-10(19)7-3-6(22-13(15,16)17)4-8(14)11(7)18-9/h3-5H,2H2,1H3,(H,18,19). The molecule has 0 radical (unpaired) electrons. The Bertz CT molecular complexity index is 733. The lowest BCUT2D eigenvalue weighted by molar-refractivity contribution is -0.274. The third kappa shape index (κ3) is 3.59. The Kier molecular flexibility index (Phi) is 4.45. The molecule has 0 saturated heterocycles. The van der Waals surface area contributed by atoms with Crippen LogP contribution in [0.1, 0.15) is 17.4 Å². The van der Waals surface area contributed by atoms with Crippen LogP contribution in [0.15, 0.2) is 22.7 Å². The van der Waals surface area contributed by atoms with Crippen LogP contribution in [0.4, 0.5) is 13.2 Å². The van der Waals surface area contributed by atoms with Gasteiger partial charge in [-0.25, -0.2) is 9.78 Å². The maximum atomic E-state index is 12.3. The summed E-state index contributed by atoms with van der Waals surface area (Å²) in [5.74, 6) is -1.68. The van der Waals surface area contributed by atoms with E-state index in [4.69, 9.17) is 4.74 Å². The summed E-state index contributed by atoms with van der Waals surface area (Å²) in [6.45, 7) is 1.73. The van der Waals surface area contributed by atoms with Crippen LogP contribution in [0, 0.1) is 0 Å². The van der Waals surface area contributed by atoms with Gasteiger partial charge in [-0.1, -0.05) is 0 Å². The Hall–Kier alpha value is -2.03. The fourth-order valence-corrected chi connectivity index (χ4v) is 2.27. The van der Waals surface area contributed by atoms with Gasteiger partial charge in [0, 0.05) is 15.9 Å². The summed E-state index contributed by atoms with van der Waals surface area (Å²) < 4.78 is 45.4. The summed E-state index contributed by atoms with van der Waals surface area (Å²) >= 11 is 3.04. The smallest absolute Gasteiger partial charge is 0.507 e. The first kappa shape index (κ1) is 16.3. The number of rotatable bonds is 3. The van der Waals surface area contributed by atoms with Gasteiger partial charge >= 0.3 is 12.3 Å². The third-order valence-electron chi connectivity index (χ3n) is 2.54. The van der Waals surface area contributed by atoms with Gasteiger partial charge in [-0.15, -0.1) is 13.2 Å². The van der Waals surface area contributed by atoms with E-state index in [0.717, 1.165) is 18.2 Å². The van der Waals surface area contributed by atoms with E-state index in [2.05, 4.69) is 25.7 Å². The zero-order valence-corrected chi connectivity index (χ0v) is 12.7. The van der Waals surface area contributed by atoms with Crippen LogP contribution in [0.2, 0.25) is 0 Å². The molecule has 0 saturated carbocycles. The zero-order valence-electron chi connectivity index (χ0n) is 11.1. The second-order valence-electron chi connectivity index (χ2n) is 4.10. The van der Waals surface area contributed by atoms with Gasteiger partial charge in [0.2, 0.25) is 0 Å². The van der Waals surface area contributed by atoms with Gasteiger partial charge in [0.25, 0.3) is 0 Å². The first-order valence-corrected chi connectivity index (χ1v) is 6.76. The highest BCUT2D eigenvalue weighted by atomic mass is 79.9. The number of nitrogens with zero attached hydrogens (tertiary/aromatic N) is 1. The van der Waals surface area contributed by atoms with Crippen LogP contribution in [0.3, 0.4) is 0 Å². The molecular weight excluding hydrogens is 371 g/mol. The Balaban J connectivity index is 2.55. The third-order valence-corrected chi connectivity index (χ3v) is 3.14. The summed E-state index contributed by atoms with van der Waals surface area (Å²) in [4.78, 5) is 15.6. The van der Waals surface area contributed by atoms with Gasteiger partial charge in [-0.05, 0) is 35.0 Å². The number of hydrogen-bond donors (Lipinski definition) is 1. The molecule has 0 amide bonds. The van der Waals surface area contributed by atoms with E-state index in [9.17, 15) is 23.1 Å². The van der Waals surface area contributed by atoms with Crippen LogP contribution in [-0.2, 0) is 4.74 Å². The lowest BCUT2D eigenvalue weighted by Gasteiger charge is -2.12. The number of fused-ring (bicyclic) bond motifs is 1. The van der Waals surface area contributed by atoms with Crippen molar-refractivity contribution in [1.29, 1.82) is 0 Å². The van der Waals surface area contributed by atoms with Crippen molar-refractivity contribution >= 4 is 32.8 Å². The molecule has 2 aromatic rings. The summed E-state index contributed by atoms with van der Waals surface area (Å²) in [6, 6.07) is 3.03. The van der Waals surface area contributed by atoms with Crippen LogP contribution >= 0.6 is 15.9 Å². The second-order valence-corrected chi connectivity index (χ2v) is 4.95. The van der Waals surface area contributed by atoms with E-state index >= 15 is 0 Å². The molecular formula is C13H9BrF3NO4. The molecule has 0 bridgehead atoms. The van der Waals surface area contributed by atoms with Gasteiger partial charge in [0.15, 0.2) is 5.69 Å². The molecule has 0 aliphatic heterocycles. The van der Waals surface area contributed by atoms with Gasteiger partial charge in [0.05, 0.1) is 12.1 Å². The number of hydrogen-bond acceptors (Lipinski definition) is 5. The van der Waals surface area contributed by atoms with E-state index < -0.39 is 23.8 Å². The Morgan fingerprint density at radius 1 is 1.36 bits per heavy atom. The summed E-state index contributed by atoms with van der Waals surface area (Å²) in [5, 5.41) is 9.91. The number of pyridine rings is 1. The number of benzene rings is 1. The molecule has 0 atom stereocenters. The normalized spacial score (nSPS) is 11.5. The monoisotopic (exact) mass is 379 g/mol. The first-order chi connectivity index (χ1) is 10.2. The molecule has 118 valence electrons. The number of halogens is 4. The Morgan fingerprint density at radius 3 is 2.64 bits per heavy atom. The quantitative estimate of drug-likeness (QED) is 0.821. The van der Waals surface area contributed by atoms with E-state index in [0.29, 0.717) is 0 Å². The minimum Gasteiger partial charge on any atom is -0.507 e. The maximum absolute atomic E-state index is 12.3. The topological polar surface area (TPSA) is 68.7 Å². The number of aromatic hydroxyl groups is 1. The summed E-state index contributed by atoms with van der Waals surface area (Å²) in [6.07, 6.45) is -4.86. The van der Waals surface area contributed by atoms with Crippen molar-refractivity contribution in [1.82, 2.24) is 4.98 Å². The first-order valence-electron chi connectivity index (χ1n) is 5.97. The average Bonchev–Trinajstić information content (AvgIpc) is 2.38. The predicted octanol–water partition coefficient (Wildman–Crippen LogP) is 3.78. The number of alkyl halides is 3. The summed E-state index contributed by atoms with van der Waals surface area (Å²) in [7, 11) is 0. The molecule has 0 aliphatic carbocycles. The summed E-state index contributed by atoms with van der Waals surface area (Å²) in [5.41, 5.74) is -0.0467. The molecule has 1 aromatic heterocycles. The van der Waals surface area contributed by atoms with Gasteiger partial charge in [-0.3, -0.25) is 0 Å². The molecule has 0 aliphatic rings. The molecule has 22 heavy (non-hydrogen) atoms. The van der Waals surface area contributed by atoms with Crippen molar-refractivity contribution in [2.75, 3.05) is 6.61 Å². The van der Waals surface area contributed by atoms with Crippen LogP contribution < -0.4 is 4.74 Å². The number of esters is 1. The lowest BCUT2D eigenvalue weighted by atomic mass is 10.1. The Labute approximate surface area is 130 Å². The second kappa shape index (κ2) is 5.99. The minimum atomic E-state index is -4.86. The number of carbonyl (C=O) groups excluding carboxylic acids is 1. The molecule has 0 fully saturated rings. The van der Waals surface area contributed by atoms with E-state index in [1.807, 2.05) is 0 Å². The van der Waals surface area contributed by atoms with Gasteiger partial charge in [0.1, 0.15) is 11.5 Å². The number of carbonyl (C=O) groups is 1. The molecule has 0 unspecified atom stereocenters.